The molecule has 2 heterocycles. The van der Waals surface area contributed by atoms with Gasteiger partial charge in [0.25, 0.3) is 0 Å². The maximum absolute atomic E-state index is 12.3. The van der Waals surface area contributed by atoms with Crippen molar-refractivity contribution in [3.8, 4) is 17.1 Å². The van der Waals surface area contributed by atoms with Crippen molar-refractivity contribution in [3.05, 3.63) is 63.8 Å². The molecule has 1 unspecified atom stereocenters. The van der Waals surface area contributed by atoms with Crippen LogP contribution in [0.5, 0.6) is 5.75 Å². The Hall–Kier alpha value is -2.30. The van der Waals surface area contributed by atoms with E-state index in [2.05, 4.69) is 0 Å². The number of rotatable bonds is 4. The highest BCUT2D eigenvalue weighted by Crippen LogP contribution is 2.28. The molecule has 1 atom stereocenters. The van der Waals surface area contributed by atoms with Crippen LogP contribution in [0, 0.1) is 0 Å². The van der Waals surface area contributed by atoms with Crippen molar-refractivity contribution >= 4 is 22.6 Å². The summed E-state index contributed by atoms with van der Waals surface area (Å²) in [6, 6.07) is 14.0. The fourth-order valence-electron chi connectivity index (χ4n) is 2.61. The summed E-state index contributed by atoms with van der Waals surface area (Å²) in [6.07, 6.45) is 1.24. The molecular weight excluding hydrogens is 328 g/mol. The van der Waals surface area contributed by atoms with Crippen molar-refractivity contribution < 1.29 is 13.9 Å². The highest BCUT2D eigenvalue weighted by molar-refractivity contribution is 6.34. The summed E-state index contributed by atoms with van der Waals surface area (Å²) in [7, 11) is 0. The van der Waals surface area contributed by atoms with Crippen LogP contribution in [0.3, 0.4) is 0 Å². The summed E-state index contributed by atoms with van der Waals surface area (Å²) in [6.45, 7) is 1.37. The van der Waals surface area contributed by atoms with Crippen molar-refractivity contribution in [2.45, 2.75) is 12.5 Å². The Morgan fingerprint density at radius 2 is 1.96 bits per heavy atom. The zero-order valence-corrected chi connectivity index (χ0v) is 13.6. The molecule has 1 saturated heterocycles. The van der Waals surface area contributed by atoms with Crippen molar-refractivity contribution in [2.75, 3.05) is 13.2 Å². The van der Waals surface area contributed by atoms with E-state index in [1.54, 1.807) is 18.2 Å². The first-order valence-electron chi connectivity index (χ1n) is 7.78. The van der Waals surface area contributed by atoms with Gasteiger partial charge in [-0.25, -0.2) is 0 Å². The Morgan fingerprint density at radius 1 is 1.17 bits per heavy atom. The van der Waals surface area contributed by atoms with Gasteiger partial charge in [-0.15, -0.1) is 0 Å². The number of para-hydroxylation sites is 1. The largest absolute Gasteiger partial charge is 0.491 e. The van der Waals surface area contributed by atoms with Gasteiger partial charge in [-0.2, -0.15) is 0 Å². The molecule has 0 saturated carbocycles. The van der Waals surface area contributed by atoms with Crippen molar-refractivity contribution in [1.82, 2.24) is 0 Å². The number of hydrogen-bond donors (Lipinski definition) is 0. The Labute approximate surface area is 143 Å². The molecule has 0 radical (unpaired) electrons. The number of benzene rings is 2. The van der Waals surface area contributed by atoms with Gasteiger partial charge in [0.1, 0.15) is 18.1 Å². The van der Waals surface area contributed by atoms with Crippen molar-refractivity contribution in [1.29, 1.82) is 0 Å². The lowest BCUT2D eigenvalue weighted by atomic mass is 10.1. The number of halogens is 1. The quantitative estimate of drug-likeness (QED) is 0.710. The number of fused-ring (bicyclic) bond motifs is 1. The van der Waals surface area contributed by atoms with E-state index in [9.17, 15) is 4.79 Å². The second-order valence-corrected chi connectivity index (χ2v) is 6.12. The second-order valence-electron chi connectivity index (χ2n) is 5.71. The van der Waals surface area contributed by atoms with Gasteiger partial charge >= 0.3 is 0 Å². The minimum atomic E-state index is -0.115. The Bertz CT molecular complexity index is 926. The molecule has 5 heteroatoms. The van der Waals surface area contributed by atoms with Crippen LogP contribution in [-0.4, -0.2) is 19.3 Å². The molecule has 4 rings (SSSR count). The molecule has 1 aliphatic rings. The molecule has 0 bridgehead atoms. The normalized spacial score (nSPS) is 16.8. The molecule has 1 fully saturated rings. The average molecular weight is 343 g/mol. The van der Waals surface area contributed by atoms with Crippen LogP contribution < -0.4 is 10.2 Å². The summed E-state index contributed by atoms with van der Waals surface area (Å²) >= 11 is 6.14. The van der Waals surface area contributed by atoms with Crippen LogP contribution in [0.25, 0.3) is 22.3 Å². The first-order chi connectivity index (χ1) is 11.7. The summed E-state index contributed by atoms with van der Waals surface area (Å²) in [5.41, 5.74) is 1.08. The van der Waals surface area contributed by atoms with Gasteiger partial charge in [0.15, 0.2) is 11.0 Å². The van der Waals surface area contributed by atoms with Gasteiger partial charge in [-0.3, -0.25) is 4.79 Å². The lowest BCUT2D eigenvalue weighted by Crippen LogP contribution is -2.32. The summed E-state index contributed by atoms with van der Waals surface area (Å²) < 4.78 is 16.8. The van der Waals surface area contributed by atoms with E-state index in [0.29, 0.717) is 28.4 Å². The summed E-state index contributed by atoms with van der Waals surface area (Å²) in [5.74, 6) is 1.24. The van der Waals surface area contributed by atoms with Gasteiger partial charge < -0.3 is 13.9 Å². The van der Waals surface area contributed by atoms with Crippen LogP contribution in [0.1, 0.15) is 6.42 Å². The standard InChI is InChI=1S/C19H15ClO4/c20-16-3-1-2-15-17(21)10-18(24-19(15)16)12-4-6-13(7-5-12)23-11-14-8-9-22-14/h1-7,10,14H,8-9,11H2. The van der Waals surface area contributed by atoms with Crippen LogP contribution in [-0.2, 0) is 4.74 Å². The van der Waals surface area contributed by atoms with Crippen molar-refractivity contribution in [3.63, 3.8) is 0 Å². The second kappa shape index (κ2) is 6.30. The number of ether oxygens (including phenoxy) is 2. The molecule has 24 heavy (non-hydrogen) atoms. The zero-order valence-electron chi connectivity index (χ0n) is 12.8. The van der Waals surface area contributed by atoms with E-state index in [4.69, 9.17) is 25.5 Å². The summed E-state index contributed by atoms with van der Waals surface area (Å²) in [4.78, 5) is 12.3. The van der Waals surface area contributed by atoms with Gasteiger partial charge in [0, 0.05) is 24.7 Å². The third kappa shape index (κ3) is 2.90. The van der Waals surface area contributed by atoms with Crippen LogP contribution in [0.4, 0.5) is 0 Å². The van der Waals surface area contributed by atoms with E-state index in [-0.39, 0.29) is 11.5 Å². The fourth-order valence-corrected chi connectivity index (χ4v) is 2.82. The maximum Gasteiger partial charge on any atom is 0.193 e. The highest BCUT2D eigenvalue weighted by Gasteiger charge is 2.18. The number of hydrogen-bond acceptors (Lipinski definition) is 4. The van der Waals surface area contributed by atoms with Gasteiger partial charge in [-0.05, 0) is 36.4 Å². The lowest BCUT2D eigenvalue weighted by molar-refractivity contribution is -0.0720. The third-order valence-electron chi connectivity index (χ3n) is 4.07. The minimum Gasteiger partial charge on any atom is -0.491 e. The topological polar surface area (TPSA) is 48.7 Å². The fraction of sp³-hybridized carbons (Fsp3) is 0.211. The lowest BCUT2D eigenvalue weighted by Gasteiger charge is -2.26. The molecule has 4 nitrogen and oxygen atoms in total. The Kier molecular flexibility index (Phi) is 4.00. The molecule has 2 aromatic carbocycles. The van der Waals surface area contributed by atoms with E-state index < -0.39 is 0 Å². The van der Waals surface area contributed by atoms with Crippen molar-refractivity contribution in [2.24, 2.45) is 0 Å². The predicted molar refractivity (Wildman–Crippen MR) is 92.8 cm³/mol. The van der Waals surface area contributed by atoms with E-state index in [0.717, 1.165) is 24.3 Å². The molecule has 122 valence electrons. The first kappa shape index (κ1) is 15.2. The molecule has 1 aliphatic heterocycles. The van der Waals surface area contributed by atoms with Crippen LogP contribution >= 0.6 is 11.6 Å². The van der Waals surface area contributed by atoms with Gasteiger partial charge in [0.2, 0.25) is 0 Å². The van der Waals surface area contributed by atoms with Crippen LogP contribution in [0.15, 0.2) is 57.7 Å². The zero-order chi connectivity index (χ0) is 16.5. The van der Waals surface area contributed by atoms with E-state index in [1.165, 1.54) is 6.07 Å². The minimum absolute atomic E-state index is 0.115. The van der Waals surface area contributed by atoms with Gasteiger partial charge in [0.05, 0.1) is 16.5 Å². The summed E-state index contributed by atoms with van der Waals surface area (Å²) in [5, 5.41) is 0.901. The van der Waals surface area contributed by atoms with E-state index in [1.807, 2.05) is 24.3 Å². The van der Waals surface area contributed by atoms with E-state index >= 15 is 0 Å². The molecule has 0 N–H and O–H groups in total. The smallest absolute Gasteiger partial charge is 0.193 e. The molecule has 3 aromatic rings. The molecular formula is C19H15ClO4. The highest BCUT2D eigenvalue weighted by atomic mass is 35.5. The monoisotopic (exact) mass is 342 g/mol. The molecule has 0 spiro atoms. The Balaban J connectivity index is 1.62. The molecule has 0 aliphatic carbocycles. The predicted octanol–water partition coefficient (Wildman–Crippen LogP) is 4.28. The SMILES string of the molecule is O=c1cc(-c2ccc(OCC3CCO3)cc2)oc2c(Cl)cccc12. The first-order valence-corrected chi connectivity index (χ1v) is 8.16. The molecule has 1 aromatic heterocycles. The molecule has 0 amide bonds. The third-order valence-corrected chi connectivity index (χ3v) is 4.37. The Morgan fingerprint density at radius 3 is 2.67 bits per heavy atom. The maximum atomic E-state index is 12.3. The average Bonchev–Trinajstić information content (AvgIpc) is 2.55. The van der Waals surface area contributed by atoms with Crippen LogP contribution in [0.2, 0.25) is 5.02 Å². The van der Waals surface area contributed by atoms with Gasteiger partial charge in [-0.1, -0.05) is 17.7 Å².